The van der Waals surface area contributed by atoms with Crippen molar-refractivity contribution in [2.45, 2.75) is 302 Å². The van der Waals surface area contributed by atoms with E-state index >= 15 is 0 Å². The van der Waals surface area contributed by atoms with Crippen LogP contribution in [0.4, 0.5) is 0 Å². The molecule has 0 fully saturated rings. The number of unbranched alkanes of at least 4 members (excludes halogenated alkanes) is 37. The fourth-order valence-corrected chi connectivity index (χ4v) is 8.13. The van der Waals surface area contributed by atoms with Gasteiger partial charge in [-0.1, -0.05) is 257 Å². The summed E-state index contributed by atoms with van der Waals surface area (Å²) in [5.74, 6) is -0.467. The number of nitrogens with one attached hydrogen (secondary N) is 1. The Kier molecular flexibility index (Phi) is 46.0. The van der Waals surface area contributed by atoms with Gasteiger partial charge in [-0.15, -0.1) is 0 Å². The molecule has 0 aliphatic heterocycles. The number of carbonyl (C=O) groups excluding carboxylic acids is 1. The van der Waals surface area contributed by atoms with Crippen molar-refractivity contribution < 1.29 is 20.1 Å². The van der Waals surface area contributed by atoms with Gasteiger partial charge < -0.3 is 20.6 Å². The first-order valence-corrected chi connectivity index (χ1v) is 25.5. The van der Waals surface area contributed by atoms with Crippen LogP contribution in [-0.2, 0) is 4.79 Å². The third-order valence-electron chi connectivity index (χ3n) is 12.1. The highest BCUT2D eigenvalue weighted by molar-refractivity contribution is 5.80. The highest BCUT2D eigenvalue weighted by Crippen LogP contribution is 2.17. The molecule has 3 atom stereocenters. The van der Waals surface area contributed by atoms with Crippen LogP contribution >= 0.6 is 0 Å². The zero-order valence-electron chi connectivity index (χ0n) is 38.0. The lowest BCUT2D eigenvalue weighted by Crippen LogP contribution is -2.49. The van der Waals surface area contributed by atoms with Gasteiger partial charge in [-0.2, -0.15) is 0 Å². The van der Waals surface area contributed by atoms with Crippen molar-refractivity contribution in [2.75, 3.05) is 6.61 Å². The van der Waals surface area contributed by atoms with Crippen LogP contribution in [0, 0.1) is 0 Å². The normalized spacial score (nSPS) is 13.4. The first kappa shape index (κ1) is 55.1. The highest BCUT2D eigenvalue weighted by Gasteiger charge is 2.23. The van der Waals surface area contributed by atoms with Crippen LogP contribution < -0.4 is 5.32 Å². The number of allylic oxidation sites excluding steroid dienone is 2. The minimum atomic E-state index is -1.07. The molecule has 0 saturated heterocycles. The van der Waals surface area contributed by atoms with Crippen LogP contribution in [-0.4, -0.2) is 46.1 Å². The van der Waals surface area contributed by atoms with Gasteiger partial charge in [0.2, 0.25) is 5.91 Å². The zero-order chi connectivity index (χ0) is 40.8. The summed E-state index contributed by atoms with van der Waals surface area (Å²) in [4.78, 5) is 12.5. The van der Waals surface area contributed by atoms with Gasteiger partial charge in [0.1, 0.15) is 6.10 Å². The summed E-state index contributed by atoms with van der Waals surface area (Å²) in [7, 11) is 0. The minimum absolute atomic E-state index is 0.310. The molecule has 3 unspecified atom stereocenters. The van der Waals surface area contributed by atoms with Crippen molar-refractivity contribution in [3.05, 3.63) is 12.2 Å². The van der Waals surface area contributed by atoms with Crippen molar-refractivity contribution >= 4 is 5.91 Å². The number of aliphatic hydroxyl groups is 3. The Hall–Kier alpha value is -0.910. The Balaban J connectivity index is 3.54. The summed E-state index contributed by atoms with van der Waals surface area (Å²) < 4.78 is 0. The second-order valence-corrected chi connectivity index (χ2v) is 17.7. The molecule has 5 heteroatoms. The first-order valence-electron chi connectivity index (χ1n) is 25.5. The van der Waals surface area contributed by atoms with Gasteiger partial charge in [-0.25, -0.2) is 0 Å². The maximum Gasteiger partial charge on any atom is 0.249 e. The van der Waals surface area contributed by atoms with E-state index in [0.29, 0.717) is 12.8 Å². The van der Waals surface area contributed by atoms with E-state index in [1.807, 2.05) is 0 Å². The van der Waals surface area contributed by atoms with E-state index in [4.69, 9.17) is 0 Å². The lowest BCUT2D eigenvalue weighted by molar-refractivity contribution is -0.131. The van der Waals surface area contributed by atoms with Crippen molar-refractivity contribution in [3.63, 3.8) is 0 Å². The molecule has 0 spiro atoms. The molecular formula is C51H101NO4. The van der Waals surface area contributed by atoms with Crippen molar-refractivity contribution in [1.29, 1.82) is 0 Å². The minimum Gasteiger partial charge on any atom is -0.394 e. The van der Waals surface area contributed by atoms with Crippen LogP contribution in [0.1, 0.15) is 284 Å². The predicted octanol–water partition coefficient (Wildman–Crippen LogP) is 15.2. The molecule has 0 bridgehead atoms. The van der Waals surface area contributed by atoms with Gasteiger partial charge in [-0.05, 0) is 38.5 Å². The summed E-state index contributed by atoms with van der Waals surface area (Å²) in [5.41, 5.74) is 0. The molecule has 0 radical (unpaired) electrons. The molecule has 0 aromatic heterocycles. The van der Waals surface area contributed by atoms with E-state index in [9.17, 15) is 20.1 Å². The van der Waals surface area contributed by atoms with Gasteiger partial charge in [0, 0.05) is 0 Å². The average molecular weight is 792 g/mol. The van der Waals surface area contributed by atoms with Gasteiger partial charge in [-0.3, -0.25) is 4.79 Å². The summed E-state index contributed by atoms with van der Waals surface area (Å²) in [5, 5.41) is 33.4. The van der Waals surface area contributed by atoms with Crippen LogP contribution in [0.25, 0.3) is 0 Å². The number of carbonyl (C=O) groups is 1. The maximum absolute atomic E-state index is 12.5. The molecular weight excluding hydrogens is 691 g/mol. The van der Waals surface area contributed by atoms with Crippen LogP contribution in [0.3, 0.4) is 0 Å². The van der Waals surface area contributed by atoms with Gasteiger partial charge >= 0.3 is 0 Å². The second-order valence-electron chi connectivity index (χ2n) is 17.7. The largest absolute Gasteiger partial charge is 0.394 e. The van der Waals surface area contributed by atoms with Crippen LogP contribution in [0.15, 0.2) is 12.2 Å². The standard InChI is InChI=1S/C51H101NO4/c1-3-5-7-9-11-13-15-17-19-21-22-23-24-25-26-27-28-29-30-32-34-36-38-40-42-44-46-50(55)51(56)52-48(47-53)49(54)45-43-41-39-37-35-33-31-20-18-16-14-12-10-8-6-4-2/h25-26,48-50,53-55H,3-24,27-47H2,1-2H3,(H,52,56)/b26-25-. The molecule has 0 saturated carbocycles. The van der Waals surface area contributed by atoms with Gasteiger partial charge in [0.15, 0.2) is 0 Å². The molecule has 0 aromatic rings. The molecule has 0 aliphatic rings. The third kappa shape index (κ3) is 41.3. The molecule has 1 amide bonds. The lowest BCUT2D eigenvalue weighted by Gasteiger charge is -2.23. The SMILES string of the molecule is CCCCCCCCCCCCCC/C=C\CCCCCCCCCCCCC(O)C(=O)NC(CO)C(O)CCCCCCCCCCCCCCCCCC. The molecule has 5 nitrogen and oxygen atoms in total. The molecule has 334 valence electrons. The number of aliphatic hydroxyl groups excluding tert-OH is 3. The summed E-state index contributed by atoms with van der Waals surface area (Å²) >= 11 is 0. The van der Waals surface area contributed by atoms with Crippen molar-refractivity contribution in [2.24, 2.45) is 0 Å². The van der Waals surface area contributed by atoms with E-state index in [0.717, 1.165) is 32.1 Å². The summed E-state index contributed by atoms with van der Waals surface area (Å²) in [6.07, 6.45) is 56.6. The van der Waals surface area contributed by atoms with E-state index in [1.165, 1.54) is 225 Å². The smallest absolute Gasteiger partial charge is 0.249 e. The predicted molar refractivity (Wildman–Crippen MR) is 245 cm³/mol. The fraction of sp³-hybridized carbons (Fsp3) is 0.941. The quantitative estimate of drug-likeness (QED) is 0.0365. The number of rotatable bonds is 47. The summed E-state index contributed by atoms with van der Waals surface area (Å²) in [6.45, 7) is 4.26. The molecule has 0 rings (SSSR count). The maximum atomic E-state index is 12.5. The summed E-state index contributed by atoms with van der Waals surface area (Å²) in [6, 6.07) is -0.709. The number of hydrogen-bond acceptors (Lipinski definition) is 4. The number of amides is 1. The molecule has 4 N–H and O–H groups in total. The zero-order valence-corrected chi connectivity index (χ0v) is 38.0. The van der Waals surface area contributed by atoms with Gasteiger partial charge in [0.25, 0.3) is 0 Å². The van der Waals surface area contributed by atoms with Crippen LogP contribution in [0.5, 0.6) is 0 Å². The van der Waals surface area contributed by atoms with Crippen molar-refractivity contribution in [3.8, 4) is 0 Å². The van der Waals surface area contributed by atoms with Crippen LogP contribution in [0.2, 0.25) is 0 Å². The Bertz CT molecular complexity index is 788. The topological polar surface area (TPSA) is 89.8 Å². The van der Waals surface area contributed by atoms with E-state index in [-0.39, 0.29) is 6.61 Å². The number of hydrogen-bond donors (Lipinski definition) is 4. The first-order chi connectivity index (χ1) is 27.6. The van der Waals surface area contributed by atoms with Gasteiger partial charge in [0.05, 0.1) is 18.8 Å². The van der Waals surface area contributed by atoms with E-state index in [1.54, 1.807) is 0 Å². The molecule has 0 heterocycles. The van der Waals surface area contributed by atoms with Crippen molar-refractivity contribution in [1.82, 2.24) is 5.32 Å². The Morgan fingerprint density at radius 3 is 0.982 bits per heavy atom. The Labute approximate surface area is 350 Å². The highest BCUT2D eigenvalue weighted by atomic mass is 16.3. The Morgan fingerprint density at radius 2 is 0.679 bits per heavy atom. The average Bonchev–Trinajstić information content (AvgIpc) is 3.20. The van der Waals surface area contributed by atoms with E-state index in [2.05, 4.69) is 31.3 Å². The molecule has 0 aliphatic carbocycles. The lowest BCUT2D eigenvalue weighted by atomic mass is 10.0. The monoisotopic (exact) mass is 792 g/mol. The molecule has 0 aromatic carbocycles. The van der Waals surface area contributed by atoms with E-state index < -0.39 is 24.2 Å². The Morgan fingerprint density at radius 1 is 0.411 bits per heavy atom. The molecule has 56 heavy (non-hydrogen) atoms. The fourth-order valence-electron chi connectivity index (χ4n) is 8.13. The second kappa shape index (κ2) is 46.8. The third-order valence-corrected chi connectivity index (χ3v) is 12.1.